The molecule has 2 nitrogen and oxygen atoms in total. The zero-order chi connectivity index (χ0) is 13.0. The first-order valence-electron chi connectivity index (χ1n) is 6.18. The Hall–Kier alpha value is -1.09. The molecule has 3 heteroatoms. The highest BCUT2D eigenvalue weighted by Gasteiger charge is 2.19. The van der Waals surface area contributed by atoms with Crippen molar-refractivity contribution in [3.8, 4) is 0 Å². The molecule has 1 rings (SSSR count). The van der Waals surface area contributed by atoms with Crippen LogP contribution < -0.4 is 4.90 Å². The minimum Gasteiger partial charge on any atom is -0.389 e. The number of rotatable bonds is 5. The van der Waals surface area contributed by atoms with Crippen molar-refractivity contribution < 1.29 is 9.50 Å². The average molecular weight is 239 g/mol. The highest BCUT2D eigenvalue weighted by Crippen LogP contribution is 2.30. The number of benzene rings is 1. The number of aliphatic hydroxyl groups excluding tert-OH is 1. The second-order valence-electron chi connectivity index (χ2n) is 4.60. The van der Waals surface area contributed by atoms with Gasteiger partial charge in [-0.1, -0.05) is 25.5 Å². The zero-order valence-electron chi connectivity index (χ0n) is 11.1. The Kier molecular flexibility index (Phi) is 4.94. The molecular formula is C14H22FNO. The lowest BCUT2D eigenvalue weighted by molar-refractivity contribution is 0.199. The maximum Gasteiger partial charge on any atom is 0.146 e. The topological polar surface area (TPSA) is 23.5 Å². The molecule has 1 unspecified atom stereocenters. The Morgan fingerprint density at radius 2 is 2.00 bits per heavy atom. The molecule has 1 aromatic carbocycles. The summed E-state index contributed by atoms with van der Waals surface area (Å²) in [4.78, 5) is 1.92. The van der Waals surface area contributed by atoms with Gasteiger partial charge in [-0.2, -0.15) is 0 Å². The molecule has 0 aliphatic rings. The Bertz CT molecular complexity index is 365. The van der Waals surface area contributed by atoms with E-state index in [1.54, 1.807) is 19.1 Å². The largest absolute Gasteiger partial charge is 0.389 e. The van der Waals surface area contributed by atoms with Gasteiger partial charge in [0, 0.05) is 18.7 Å². The molecule has 0 amide bonds. The van der Waals surface area contributed by atoms with E-state index in [-0.39, 0.29) is 11.9 Å². The van der Waals surface area contributed by atoms with Crippen LogP contribution in [0.25, 0.3) is 0 Å². The number of hydrogen-bond acceptors (Lipinski definition) is 2. The Labute approximate surface area is 103 Å². The van der Waals surface area contributed by atoms with Crippen molar-refractivity contribution in [2.75, 3.05) is 11.9 Å². The number of halogens is 1. The number of aliphatic hydroxyl groups is 1. The van der Waals surface area contributed by atoms with Crippen LogP contribution in [0.1, 0.15) is 45.3 Å². The van der Waals surface area contributed by atoms with E-state index < -0.39 is 6.10 Å². The third kappa shape index (κ3) is 3.19. The standard InChI is InChI=1S/C14H22FNO/c1-5-7-10(2)16(4)14-12(11(3)17)8-6-9-13(14)15/h6,8-11,17H,5,7H2,1-4H3/t10?,11-/m0/s1. The summed E-state index contributed by atoms with van der Waals surface area (Å²) >= 11 is 0. The molecule has 0 heterocycles. The number of hydrogen-bond donors (Lipinski definition) is 1. The Morgan fingerprint density at radius 3 is 2.53 bits per heavy atom. The van der Waals surface area contributed by atoms with Gasteiger partial charge in [-0.05, 0) is 26.3 Å². The van der Waals surface area contributed by atoms with Crippen LogP contribution in [0.4, 0.5) is 10.1 Å². The van der Waals surface area contributed by atoms with Crippen LogP contribution in [0.3, 0.4) is 0 Å². The predicted octanol–water partition coefficient (Wildman–Crippen LogP) is 3.50. The molecule has 0 saturated carbocycles. The van der Waals surface area contributed by atoms with E-state index in [9.17, 15) is 9.50 Å². The first kappa shape index (κ1) is 14.0. The fraction of sp³-hybridized carbons (Fsp3) is 0.571. The molecule has 0 saturated heterocycles. The molecule has 1 aromatic rings. The monoisotopic (exact) mass is 239 g/mol. The summed E-state index contributed by atoms with van der Waals surface area (Å²) in [5.41, 5.74) is 1.17. The second-order valence-corrected chi connectivity index (χ2v) is 4.60. The number of nitrogens with zero attached hydrogens (tertiary/aromatic N) is 1. The molecule has 2 atom stereocenters. The highest BCUT2D eigenvalue weighted by molar-refractivity contribution is 5.55. The lowest BCUT2D eigenvalue weighted by atomic mass is 10.0. The fourth-order valence-corrected chi connectivity index (χ4v) is 2.07. The minimum atomic E-state index is -0.656. The molecule has 0 aliphatic heterocycles. The van der Waals surface area contributed by atoms with Crippen LogP contribution in [0.5, 0.6) is 0 Å². The molecular weight excluding hydrogens is 217 g/mol. The fourth-order valence-electron chi connectivity index (χ4n) is 2.07. The molecule has 0 aliphatic carbocycles. The van der Waals surface area contributed by atoms with E-state index in [4.69, 9.17) is 0 Å². The van der Waals surface area contributed by atoms with Crippen LogP contribution in [0, 0.1) is 5.82 Å². The van der Waals surface area contributed by atoms with Gasteiger partial charge in [-0.25, -0.2) is 4.39 Å². The van der Waals surface area contributed by atoms with E-state index in [1.165, 1.54) is 6.07 Å². The predicted molar refractivity (Wildman–Crippen MR) is 69.8 cm³/mol. The minimum absolute atomic E-state index is 0.259. The van der Waals surface area contributed by atoms with Gasteiger partial charge in [0.15, 0.2) is 0 Å². The van der Waals surface area contributed by atoms with Crippen LogP contribution in [-0.2, 0) is 0 Å². The van der Waals surface area contributed by atoms with Crippen molar-refractivity contribution in [3.05, 3.63) is 29.6 Å². The normalized spacial score (nSPS) is 14.5. The summed E-state index contributed by atoms with van der Waals surface area (Å²) < 4.78 is 13.9. The maximum atomic E-state index is 13.9. The number of anilines is 1. The quantitative estimate of drug-likeness (QED) is 0.850. The van der Waals surface area contributed by atoms with Gasteiger partial charge < -0.3 is 10.0 Å². The van der Waals surface area contributed by atoms with Crippen molar-refractivity contribution in [1.29, 1.82) is 0 Å². The average Bonchev–Trinajstić information content (AvgIpc) is 2.28. The summed E-state index contributed by atoms with van der Waals surface area (Å²) in [6.07, 6.45) is 1.41. The molecule has 96 valence electrons. The van der Waals surface area contributed by atoms with E-state index >= 15 is 0 Å². The molecule has 1 N–H and O–H groups in total. The van der Waals surface area contributed by atoms with Gasteiger partial charge in [0.1, 0.15) is 5.82 Å². The molecule has 0 aromatic heterocycles. The molecule has 0 bridgehead atoms. The SMILES string of the molecule is CCCC(C)N(C)c1c(F)cccc1[C@H](C)O. The van der Waals surface area contributed by atoms with Crippen LogP contribution in [0.15, 0.2) is 18.2 Å². The van der Waals surface area contributed by atoms with E-state index in [2.05, 4.69) is 13.8 Å². The van der Waals surface area contributed by atoms with E-state index in [0.29, 0.717) is 11.3 Å². The van der Waals surface area contributed by atoms with Crippen molar-refractivity contribution in [2.45, 2.75) is 45.8 Å². The molecule has 0 radical (unpaired) electrons. The summed E-state index contributed by atoms with van der Waals surface area (Å²) in [7, 11) is 1.88. The summed E-state index contributed by atoms with van der Waals surface area (Å²) in [5.74, 6) is -0.270. The smallest absolute Gasteiger partial charge is 0.146 e. The van der Waals surface area contributed by atoms with Gasteiger partial charge in [0.25, 0.3) is 0 Å². The van der Waals surface area contributed by atoms with Gasteiger partial charge in [-0.3, -0.25) is 0 Å². The molecule has 17 heavy (non-hydrogen) atoms. The molecule has 0 spiro atoms. The summed E-state index contributed by atoms with van der Waals surface area (Å²) in [6.45, 7) is 5.85. The maximum absolute atomic E-state index is 13.9. The van der Waals surface area contributed by atoms with Crippen molar-refractivity contribution in [2.24, 2.45) is 0 Å². The lowest BCUT2D eigenvalue weighted by Crippen LogP contribution is -2.30. The zero-order valence-corrected chi connectivity index (χ0v) is 11.1. The lowest BCUT2D eigenvalue weighted by Gasteiger charge is -2.30. The first-order chi connectivity index (χ1) is 7.99. The third-order valence-electron chi connectivity index (χ3n) is 3.19. The third-order valence-corrected chi connectivity index (χ3v) is 3.19. The van der Waals surface area contributed by atoms with E-state index in [1.807, 2.05) is 11.9 Å². The first-order valence-corrected chi connectivity index (χ1v) is 6.18. The highest BCUT2D eigenvalue weighted by atomic mass is 19.1. The van der Waals surface area contributed by atoms with Gasteiger partial charge in [0.05, 0.1) is 11.8 Å². The van der Waals surface area contributed by atoms with Crippen LogP contribution in [0.2, 0.25) is 0 Å². The Balaban J connectivity index is 3.10. The summed E-state index contributed by atoms with van der Waals surface area (Å²) in [5, 5.41) is 9.70. The van der Waals surface area contributed by atoms with Crippen molar-refractivity contribution in [3.63, 3.8) is 0 Å². The van der Waals surface area contributed by atoms with Gasteiger partial charge in [0.2, 0.25) is 0 Å². The van der Waals surface area contributed by atoms with Crippen LogP contribution >= 0.6 is 0 Å². The van der Waals surface area contributed by atoms with Gasteiger partial charge in [-0.15, -0.1) is 0 Å². The van der Waals surface area contributed by atoms with Crippen LogP contribution in [-0.4, -0.2) is 18.2 Å². The molecule has 0 fully saturated rings. The summed E-state index contributed by atoms with van der Waals surface area (Å²) in [6, 6.07) is 5.11. The Morgan fingerprint density at radius 1 is 1.35 bits per heavy atom. The van der Waals surface area contributed by atoms with Crippen molar-refractivity contribution >= 4 is 5.69 Å². The number of para-hydroxylation sites is 1. The van der Waals surface area contributed by atoms with Crippen molar-refractivity contribution in [1.82, 2.24) is 0 Å². The second kappa shape index (κ2) is 6.01. The van der Waals surface area contributed by atoms with E-state index in [0.717, 1.165) is 12.8 Å². The van der Waals surface area contributed by atoms with Gasteiger partial charge >= 0.3 is 0 Å².